The summed E-state index contributed by atoms with van der Waals surface area (Å²) in [7, 11) is 0. The van der Waals surface area contributed by atoms with Crippen molar-refractivity contribution in [1.29, 1.82) is 0 Å². The van der Waals surface area contributed by atoms with Gasteiger partial charge in [0, 0.05) is 13.5 Å². The molecule has 100 valence electrons. The maximum atomic E-state index is 13.3. The third-order valence-electron chi connectivity index (χ3n) is 2.02. The minimum atomic E-state index is -4.57. The molecular weight excluding hydrogens is 254 g/mol. The van der Waals surface area contributed by atoms with Gasteiger partial charge in [-0.2, -0.15) is 13.2 Å². The van der Waals surface area contributed by atoms with Gasteiger partial charge in [0.2, 0.25) is 0 Å². The lowest BCUT2D eigenvalue weighted by molar-refractivity contribution is -0.140. The molecule has 0 aromatic heterocycles. The Morgan fingerprint density at radius 2 is 2.06 bits per heavy atom. The molecule has 0 radical (unpaired) electrons. The normalized spacial score (nSPS) is 11.2. The number of esters is 1. The molecule has 0 atom stereocenters. The predicted molar refractivity (Wildman–Crippen MR) is 56.5 cm³/mol. The van der Waals surface area contributed by atoms with Crippen molar-refractivity contribution in [3.05, 3.63) is 29.6 Å². The second-order valence-electron chi connectivity index (χ2n) is 3.46. The van der Waals surface area contributed by atoms with Crippen LogP contribution in [0.1, 0.15) is 12.5 Å². The van der Waals surface area contributed by atoms with E-state index in [1.807, 2.05) is 0 Å². The van der Waals surface area contributed by atoms with Gasteiger partial charge in [-0.3, -0.25) is 4.79 Å². The van der Waals surface area contributed by atoms with E-state index in [0.29, 0.717) is 6.07 Å². The number of carbonyl (C=O) groups is 1. The predicted octanol–water partition coefficient (Wildman–Crippen LogP) is 2.82. The molecule has 0 unspecified atom stereocenters. The molecule has 0 saturated heterocycles. The van der Waals surface area contributed by atoms with E-state index in [1.54, 1.807) is 0 Å². The van der Waals surface area contributed by atoms with E-state index in [2.05, 4.69) is 10.1 Å². The fourth-order valence-corrected chi connectivity index (χ4v) is 1.22. The van der Waals surface area contributed by atoms with E-state index in [4.69, 9.17) is 0 Å². The van der Waals surface area contributed by atoms with Gasteiger partial charge in [-0.1, -0.05) is 0 Å². The molecular formula is C11H11F4NO2. The number of rotatable bonds is 4. The van der Waals surface area contributed by atoms with Crippen LogP contribution in [0.2, 0.25) is 0 Å². The zero-order chi connectivity index (χ0) is 13.8. The third-order valence-corrected chi connectivity index (χ3v) is 2.02. The number of hydrogen-bond donors (Lipinski definition) is 1. The van der Waals surface area contributed by atoms with Gasteiger partial charge in [-0.05, 0) is 18.2 Å². The molecule has 1 rings (SSSR count). The summed E-state index contributed by atoms with van der Waals surface area (Å²) in [5.74, 6) is -1.49. The number of benzene rings is 1. The molecule has 0 saturated carbocycles. The summed E-state index contributed by atoms with van der Waals surface area (Å²) in [6.45, 7) is 1.34. The molecule has 1 aromatic carbocycles. The first-order chi connectivity index (χ1) is 8.30. The molecule has 0 aliphatic heterocycles. The minimum absolute atomic E-state index is 0.00972. The monoisotopic (exact) mass is 265 g/mol. The van der Waals surface area contributed by atoms with Gasteiger partial charge >= 0.3 is 12.1 Å². The van der Waals surface area contributed by atoms with Crippen molar-refractivity contribution < 1.29 is 27.1 Å². The summed E-state index contributed by atoms with van der Waals surface area (Å²) in [6, 6.07) is 2.18. The molecule has 0 amide bonds. The molecule has 1 N–H and O–H groups in total. The zero-order valence-electron chi connectivity index (χ0n) is 9.47. The molecule has 0 spiro atoms. The van der Waals surface area contributed by atoms with E-state index in [0.717, 1.165) is 12.1 Å². The maximum absolute atomic E-state index is 13.3. The second-order valence-corrected chi connectivity index (χ2v) is 3.46. The Kier molecular flexibility index (Phi) is 4.52. The molecule has 0 fully saturated rings. The Balaban J connectivity index is 2.60. The fourth-order valence-electron chi connectivity index (χ4n) is 1.22. The standard InChI is InChI=1S/C11H11F4NO2/c1-7(17)18-5-4-16-10-3-2-8(6-9(10)12)11(13,14)15/h2-3,6,16H,4-5H2,1H3. The number of alkyl halides is 3. The lowest BCUT2D eigenvalue weighted by Crippen LogP contribution is -2.13. The van der Waals surface area contributed by atoms with Crippen molar-refractivity contribution in [2.45, 2.75) is 13.1 Å². The average molecular weight is 265 g/mol. The first-order valence-corrected chi connectivity index (χ1v) is 5.04. The molecule has 1 aromatic rings. The van der Waals surface area contributed by atoms with Crippen molar-refractivity contribution >= 4 is 11.7 Å². The average Bonchev–Trinajstić information content (AvgIpc) is 2.24. The number of hydrogen-bond acceptors (Lipinski definition) is 3. The van der Waals surface area contributed by atoms with Crippen molar-refractivity contribution in [3.63, 3.8) is 0 Å². The summed E-state index contributed by atoms with van der Waals surface area (Å²) >= 11 is 0. The lowest BCUT2D eigenvalue weighted by atomic mass is 10.2. The molecule has 7 heteroatoms. The largest absolute Gasteiger partial charge is 0.464 e. The van der Waals surface area contributed by atoms with Crippen molar-refractivity contribution in [3.8, 4) is 0 Å². The lowest BCUT2D eigenvalue weighted by Gasteiger charge is -2.10. The van der Waals surface area contributed by atoms with E-state index in [-0.39, 0.29) is 18.8 Å². The highest BCUT2D eigenvalue weighted by atomic mass is 19.4. The van der Waals surface area contributed by atoms with Crippen molar-refractivity contribution in [2.24, 2.45) is 0 Å². The van der Waals surface area contributed by atoms with Crippen LogP contribution >= 0.6 is 0 Å². The quantitative estimate of drug-likeness (QED) is 0.517. The highest BCUT2D eigenvalue weighted by Crippen LogP contribution is 2.31. The molecule has 18 heavy (non-hydrogen) atoms. The zero-order valence-corrected chi connectivity index (χ0v) is 9.47. The highest BCUT2D eigenvalue weighted by molar-refractivity contribution is 5.65. The molecule has 0 bridgehead atoms. The molecule has 0 aliphatic carbocycles. The summed E-state index contributed by atoms with van der Waals surface area (Å²) in [5.41, 5.74) is -1.12. The van der Waals surface area contributed by atoms with E-state index in [1.165, 1.54) is 6.92 Å². The summed E-state index contributed by atoms with van der Waals surface area (Å²) in [6.07, 6.45) is -4.57. The number of ether oxygens (including phenoxy) is 1. The van der Waals surface area contributed by atoms with Gasteiger partial charge in [-0.15, -0.1) is 0 Å². The molecule has 0 aliphatic rings. The van der Waals surface area contributed by atoms with Gasteiger partial charge in [0.1, 0.15) is 12.4 Å². The SMILES string of the molecule is CC(=O)OCCNc1ccc(C(F)(F)F)cc1F. The van der Waals surface area contributed by atoms with Crippen LogP contribution in [-0.2, 0) is 15.7 Å². The Labute approximate surface area is 101 Å². The van der Waals surface area contributed by atoms with Crippen LogP contribution in [0.25, 0.3) is 0 Å². The molecule has 0 heterocycles. The second kappa shape index (κ2) is 5.70. The van der Waals surface area contributed by atoms with Gasteiger partial charge in [-0.25, -0.2) is 4.39 Å². The van der Waals surface area contributed by atoms with Crippen LogP contribution in [0, 0.1) is 5.82 Å². The van der Waals surface area contributed by atoms with E-state index >= 15 is 0 Å². The van der Waals surface area contributed by atoms with Crippen LogP contribution in [0.15, 0.2) is 18.2 Å². The Bertz CT molecular complexity index is 432. The first-order valence-electron chi connectivity index (χ1n) is 5.04. The number of halogens is 4. The Morgan fingerprint density at radius 1 is 1.39 bits per heavy atom. The van der Waals surface area contributed by atoms with Crippen LogP contribution in [0.5, 0.6) is 0 Å². The van der Waals surface area contributed by atoms with Crippen LogP contribution in [0.4, 0.5) is 23.2 Å². The van der Waals surface area contributed by atoms with Crippen molar-refractivity contribution in [2.75, 3.05) is 18.5 Å². The van der Waals surface area contributed by atoms with E-state index < -0.39 is 23.5 Å². The van der Waals surface area contributed by atoms with Crippen LogP contribution in [-0.4, -0.2) is 19.1 Å². The first kappa shape index (κ1) is 14.3. The Hall–Kier alpha value is -1.79. The number of anilines is 1. The third kappa shape index (κ3) is 4.23. The summed E-state index contributed by atoms with van der Waals surface area (Å²) < 4.78 is 54.6. The summed E-state index contributed by atoms with van der Waals surface area (Å²) in [5, 5.41) is 2.53. The summed E-state index contributed by atoms with van der Waals surface area (Å²) in [4.78, 5) is 10.4. The minimum Gasteiger partial charge on any atom is -0.464 e. The van der Waals surface area contributed by atoms with Gasteiger partial charge < -0.3 is 10.1 Å². The highest BCUT2D eigenvalue weighted by Gasteiger charge is 2.31. The van der Waals surface area contributed by atoms with Gasteiger partial charge in [0.05, 0.1) is 11.3 Å². The number of nitrogens with one attached hydrogen (secondary N) is 1. The maximum Gasteiger partial charge on any atom is 0.416 e. The van der Waals surface area contributed by atoms with Crippen LogP contribution in [0.3, 0.4) is 0 Å². The van der Waals surface area contributed by atoms with Gasteiger partial charge in [0.25, 0.3) is 0 Å². The fraction of sp³-hybridized carbons (Fsp3) is 0.364. The van der Waals surface area contributed by atoms with Gasteiger partial charge in [0.15, 0.2) is 0 Å². The Morgan fingerprint density at radius 3 is 2.56 bits per heavy atom. The van der Waals surface area contributed by atoms with E-state index in [9.17, 15) is 22.4 Å². The molecule has 3 nitrogen and oxygen atoms in total. The van der Waals surface area contributed by atoms with Crippen molar-refractivity contribution in [1.82, 2.24) is 0 Å². The van der Waals surface area contributed by atoms with Crippen LogP contribution < -0.4 is 5.32 Å². The number of carbonyl (C=O) groups excluding carboxylic acids is 1. The topological polar surface area (TPSA) is 38.3 Å². The smallest absolute Gasteiger partial charge is 0.416 e.